The van der Waals surface area contributed by atoms with E-state index < -0.39 is 11.9 Å². The number of aliphatic carboxylic acids is 1. The van der Waals surface area contributed by atoms with Gasteiger partial charge in [0.05, 0.1) is 17.5 Å². The summed E-state index contributed by atoms with van der Waals surface area (Å²) in [7, 11) is 1.55. The Labute approximate surface area is 125 Å². The van der Waals surface area contributed by atoms with Crippen LogP contribution >= 0.6 is 15.9 Å². The number of methoxy groups -OCH3 is 1. The molecule has 1 amide bonds. The van der Waals surface area contributed by atoms with Gasteiger partial charge >= 0.3 is 5.97 Å². The molecule has 0 radical (unpaired) electrons. The van der Waals surface area contributed by atoms with Gasteiger partial charge in [0.2, 0.25) is 0 Å². The Morgan fingerprint density at radius 2 is 2.15 bits per heavy atom. The number of nitrogens with one attached hydrogen (secondary N) is 1. The van der Waals surface area contributed by atoms with E-state index in [2.05, 4.69) is 21.2 Å². The third-order valence-corrected chi connectivity index (χ3v) is 4.18. The highest BCUT2D eigenvalue weighted by atomic mass is 79.9. The Bertz CT molecular complexity index is 532. The van der Waals surface area contributed by atoms with Crippen LogP contribution in [0.2, 0.25) is 0 Å². The molecule has 2 atom stereocenters. The van der Waals surface area contributed by atoms with Crippen molar-refractivity contribution in [3.8, 4) is 5.75 Å². The van der Waals surface area contributed by atoms with Gasteiger partial charge in [0, 0.05) is 11.6 Å². The molecule has 0 aromatic heterocycles. The monoisotopic (exact) mass is 341 g/mol. The molecule has 5 nitrogen and oxygen atoms in total. The van der Waals surface area contributed by atoms with Gasteiger partial charge in [-0.3, -0.25) is 9.59 Å². The molecular weight excluding hydrogens is 326 g/mol. The van der Waals surface area contributed by atoms with Crippen molar-refractivity contribution >= 4 is 27.8 Å². The molecular formula is C14H16BrNO4. The maximum atomic E-state index is 12.2. The van der Waals surface area contributed by atoms with Crippen molar-refractivity contribution in [2.24, 2.45) is 5.92 Å². The summed E-state index contributed by atoms with van der Waals surface area (Å²) in [5.74, 6) is -0.943. The van der Waals surface area contributed by atoms with Gasteiger partial charge in [-0.05, 0) is 47.0 Å². The van der Waals surface area contributed by atoms with Gasteiger partial charge in [-0.25, -0.2) is 0 Å². The van der Waals surface area contributed by atoms with Crippen LogP contribution in [-0.4, -0.2) is 30.1 Å². The second kappa shape index (κ2) is 6.26. The van der Waals surface area contributed by atoms with E-state index in [4.69, 9.17) is 9.84 Å². The summed E-state index contributed by atoms with van der Waals surface area (Å²) in [4.78, 5) is 23.2. The number of carboxylic acids is 1. The third kappa shape index (κ3) is 3.12. The van der Waals surface area contributed by atoms with Gasteiger partial charge in [0.25, 0.3) is 5.91 Å². The lowest BCUT2D eigenvalue weighted by Gasteiger charge is -2.17. The van der Waals surface area contributed by atoms with Crippen molar-refractivity contribution in [2.75, 3.05) is 7.11 Å². The van der Waals surface area contributed by atoms with E-state index in [1.807, 2.05) is 0 Å². The Hall–Kier alpha value is -1.56. The Morgan fingerprint density at radius 1 is 1.40 bits per heavy atom. The largest absolute Gasteiger partial charge is 0.496 e. The first-order chi connectivity index (χ1) is 9.52. The average molecular weight is 342 g/mol. The molecule has 0 heterocycles. The van der Waals surface area contributed by atoms with Crippen LogP contribution in [0, 0.1) is 5.92 Å². The van der Waals surface area contributed by atoms with Gasteiger partial charge in [-0.2, -0.15) is 0 Å². The number of benzene rings is 1. The number of amides is 1. The summed E-state index contributed by atoms with van der Waals surface area (Å²) in [6.45, 7) is 0. The van der Waals surface area contributed by atoms with Gasteiger partial charge in [-0.15, -0.1) is 0 Å². The molecule has 2 N–H and O–H groups in total. The number of hydrogen-bond donors (Lipinski definition) is 2. The Kier molecular flexibility index (Phi) is 4.65. The highest BCUT2D eigenvalue weighted by Gasteiger charge is 2.34. The van der Waals surface area contributed by atoms with Crippen LogP contribution in [0.25, 0.3) is 0 Å². The first-order valence-electron chi connectivity index (χ1n) is 6.40. The predicted octanol–water partition coefficient (Wildman–Crippen LogP) is 2.44. The zero-order chi connectivity index (χ0) is 14.7. The van der Waals surface area contributed by atoms with Crippen molar-refractivity contribution in [2.45, 2.75) is 25.3 Å². The SMILES string of the molecule is COc1ccc(C(=O)NC2CCCC2C(=O)O)cc1Br. The number of rotatable bonds is 4. The van der Waals surface area contributed by atoms with Crippen LogP contribution in [0.1, 0.15) is 29.6 Å². The number of hydrogen-bond acceptors (Lipinski definition) is 3. The van der Waals surface area contributed by atoms with Crippen LogP contribution in [0.3, 0.4) is 0 Å². The summed E-state index contributed by atoms with van der Waals surface area (Å²) in [6, 6.07) is 4.73. The molecule has 0 aliphatic heterocycles. The lowest BCUT2D eigenvalue weighted by atomic mass is 10.0. The van der Waals surface area contributed by atoms with E-state index >= 15 is 0 Å². The lowest BCUT2D eigenvalue weighted by Crippen LogP contribution is -2.40. The summed E-state index contributed by atoms with van der Waals surface area (Å²) >= 11 is 3.32. The maximum Gasteiger partial charge on any atom is 0.308 e. The van der Waals surface area contributed by atoms with Gasteiger partial charge in [-0.1, -0.05) is 6.42 Å². The Morgan fingerprint density at radius 3 is 2.75 bits per heavy atom. The average Bonchev–Trinajstić information content (AvgIpc) is 2.86. The van der Waals surface area contributed by atoms with Crippen molar-refractivity contribution < 1.29 is 19.4 Å². The smallest absolute Gasteiger partial charge is 0.308 e. The molecule has 6 heteroatoms. The first kappa shape index (κ1) is 14.8. The quantitative estimate of drug-likeness (QED) is 0.881. The number of carbonyl (C=O) groups excluding carboxylic acids is 1. The van der Waals surface area contributed by atoms with E-state index in [9.17, 15) is 9.59 Å². The normalized spacial score (nSPS) is 21.5. The molecule has 1 aromatic carbocycles. The van der Waals surface area contributed by atoms with Crippen molar-refractivity contribution in [3.63, 3.8) is 0 Å². The standard InChI is InChI=1S/C14H16BrNO4/c1-20-12-6-5-8(7-10(12)15)13(17)16-11-4-2-3-9(11)14(18)19/h5-7,9,11H,2-4H2,1H3,(H,16,17)(H,18,19). The van der Waals surface area contributed by atoms with Crippen molar-refractivity contribution in [1.29, 1.82) is 0 Å². The van der Waals surface area contributed by atoms with Crippen LogP contribution in [-0.2, 0) is 4.79 Å². The predicted molar refractivity (Wildman–Crippen MR) is 76.9 cm³/mol. The molecule has 1 aliphatic carbocycles. The van der Waals surface area contributed by atoms with Gasteiger partial charge < -0.3 is 15.2 Å². The second-order valence-corrected chi connectivity index (χ2v) is 5.66. The highest BCUT2D eigenvalue weighted by molar-refractivity contribution is 9.10. The topological polar surface area (TPSA) is 75.6 Å². The minimum absolute atomic E-state index is 0.258. The fraction of sp³-hybridized carbons (Fsp3) is 0.429. The van der Waals surface area contributed by atoms with Crippen LogP contribution in [0.5, 0.6) is 5.75 Å². The third-order valence-electron chi connectivity index (χ3n) is 3.56. The van der Waals surface area contributed by atoms with Crippen molar-refractivity contribution in [1.82, 2.24) is 5.32 Å². The molecule has 1 saturated carbocycles. The molecule has 20 heavy (non-hydrogen) atoms. The van der Waals surface area contributed by atoms with Gasteiger partial charge in [0.1, 0.15) is 5.75 Å². The summed E-state index contributed by atoms with van der Waals surface area (Å²) < 4.78 is 5.79. The minimum atomic E-state index is -0.844. The number of carbonyl (C=O) groups is 2. The molecule has 0 bridgehead atoms. The number of ether oxygens (including phenoxy) is 1. The fourth-order valence-electron chi connectivity index (χ4n) is 2.49. The Balaban J connectivity index is 2.08. The minimum Gasteiger partial charge on any atom is -0.496 e. The van der Waals surface area contributed by atoms with Crippen molar-refractivity contribution in [3.05, 3.63) is 28.2 Å². The van der Waals surface area contributed by atoms with E-state index in [0.29, 0.717) is 28.6 Å². The second-order valence-electron chi connectivity index (χ2n) is 4.80. The molecule has 0 spiro atoms. The van der Waals surface area contributed by atoms with E-state index in [0.717, 1.165) is 6.42 Å². The zero-order valence-electron chi connectivity index (χ0n) is 11.1. The zero-order valence-corrected chi connectivity index (χ0v) is 12.6. The van der Waals surface area contributed by atoms with Crippen LogP contribution in [0.4, 0.5) is 0 Å². The van der Waals surface area contributed by atoms with E-state index in [1.165, 1.54) is 0 Å². The van der Waals surface area contributed by atoms with Crippen LogP contribution < -0.4 is 10.1 Å². The van der Waals surface area contributed by atoms with E-state index in [1.54, 1.807) is 25.3 Å². The fourth-order valence-corrected chi connectivity index (χ4v) is 3.03. The molecule has 2 unspecified atom stereocenters. The molecule has 108 valence electrons. The van der Waals surface area contributed by atoms with Crippen LogP contribution in [0.15, 0.2) is 22.7 Å². The highest BCUT2D eigenvalue weighted by Crippen LogP contribution is 2.28. The number of halogens is 1. The molecule has 1 fully saturated rings. The molecule has 1 aliphatic rings. The summed E-state index contributed by atoms with van der Waals surface area (Å²) in [5, 5.41) is 11.9. The molecule has 1 aromatic rings. The summed E-state index contributed by atoms with van der Waals surface area (Å²) in [6.07, 6.45) is 2.15. The number of carboxylic acid groups (broad SMARTS) is 1. The maximum absolute atomic E-state index is 12.2. The van der Waals surface area contributed by atoms with Gasteiger partial charge in [0.15, 0.2) is 0 Å². The molecule has 0 saturated heterocycles. The summed E-state index contributed by atoms with van der Waals surface area (Å²) in [5.41, 5.74) is 0.480. The van der Waals surface area contributed by atoms with E-state index in [-0.39, 0.29) is 11.9 Å². The molecule has 2 rings (SSSR count). The lowest BCUT2D eigenvalue weighted by molar-refractivity contribution is -0.142. The first-order valence-corrected chi connectivity index (χ1v) is 7.19.